The van der Waals surface area contributed by atoms with Crippen LogP contribution in [0, 0.1) is 5.41 Å². The molecule has 0 saturated carbocycles. The molecule has 0 radical (unpaired) electrons. The molecule has 0 bridgehead atoms. The zero-order valence-corrected chi connectivity index (χ0v) is 11.2. The molecule has 1 aliphatic rings. The summed E-state index contributed by atoms with van der Waals surface area (Å²) in [7, 11) is 0. The van der Waals surface area contributed by atoms with Gasteiger partial charge in [-0.15, -0.1) is 0 Å². The molecule has 0 aromatic heterocycles. The summed E-state index contributed by atoms with van der Waals surface area (Å²) in [5.41, 5.74) is 0.712. The van der Waals surface area contributed by atoms with Crippen LogP contribution in [0.25, 0.3) is 0 Å². The van der Waals surface area contributed by atoms with Crippen LogP contribution >= 0.6 is 0 Å². The Morgan fingerprint density at radius 3 is 1.36 bits per heavy atom. The van der Waals surface area contributed by atoms with Crippen molar-refractivity contribution in [3.8, 4) is 0 Å². The largest absolute Gasteiger partial charge is 0.316 e. The molecule has 0 atom stereocenters. The van der Waals surface area contributed by atoms with E-state index in [1.54, 1.807) is 0 Å². The van der Waals surface area contributed by atoms with Crippen molar-refractivity contribution in [3.05, 3.63) is 0 Å². The van der Waals surface area contributed by atoms with Crippen molar-refractivity contribution in [2.24, 2.45) is 5.41 Å². The fourth-order valence-electron chi connectivity index (χ4n) is 2.02. The van der Waals surface area contributed by atoms with Crippen molar-refractivity contribution in [2.75, 3.05) is 13.1 Å². The van der Waals surface area contributed by atoms with E-state index in [1.807, 2.05) is 27.7 Å². The van der Waals surface area contributed by atoms with Crippen LogP contribution in [-0.2, 0) is 0 Å². The Bertz CT molecular complexity index is 87.4. The van der Waals surface area contributed by atoms with Gasteiger partial charge < -0.3 is 5.32 Å². The molecular weight excluding hydrogens is 170 g/mol. The number of nitrogens with one attached hydrogen (secondary N) is 1. The van der Waals surface area contributed by atoms with Gasteiger partial charge in [-0.05, 0) is 18.3 Å². The van der Waals surface area contributed by atoms with Gasteiger partial charge in [-0.3, -0.25) is 0 Å². The fraction of sp³-hybridized carbons (Fsp3) is 1.00. The zero-order valence-electron chi connectivity index (χ0n) is 11.2. The third-order valence-electron chi connectivity index (χ3n) is 2.56. The van der Waals surface area contributed by atoms with Crippen molar-refractivity contribution in [2.45, 2.75) is 67.2 Å². The maximum atomic E-state index is 3.37. The summed E-state index contributed by atoms with van der Waals surface area (Å²) in [5, 5.41) is 3.37. The minimum absolute atomic E-state index is 0.712. The van der Waals surface area contributed by atoms with Gasteiger partial charge in [0.1, 0.15) is 0 Å². The second-order valence-corrected chi connectivity index (χ2v) is 3.60. The number of hydrogen-bond donors (Lipinski definition) is 1. The summed E-state index contributed by atoms with van der Waals surface area (Å²) in [4.78, 5) is 0. The zero-order chi connectivity index (χ0) is 11.4. The Hall–Kier alpha value is -0.0400. The van der Waals surface area contributed by atoms with Crippen molar-refractivity contribution >= 4 is 0 Å². The Morgan fingerprint density at radius 2 is 1.21 bits per heavy atom. The molecule has 0 aromatic carbocycles. The van der Waals surface area contributed by atoms with Crippen molar-refractivity contribution in [3.63, 3.8) is 0 Å². The van der Waals surface area contributed by atoms with E-state index in [4.69, 9.17) is 0 Å². The minimum atomic E-state index is 0.712. The van der Waals surface area contributed by atoms with E-state index in [0.29, 0.717) is 5.41 Å². The molecule has 1 N–H and O–H groups in total. The van der Waals surface area contributed by atoms with Crippen LogP contribution in [0.15, 0.2) is 0 Å². The molecule has 1 nitrogen and oxygen atoms in total. The van der Waals surface area contributed by atoms with Gasteiger partial charge in [-0.25, -0.2) is 0 Å². The standard InChI is InChI=1S/C9H19N.2C2H6/c1-3-5-9(6-4-2)7-10-8-9;2*1-2/h10H,3-8H2,1-2H3;2*1-2H3. The molecule has 14 heavy (non-hydrogen) atoms. The summed E-state index contributed by atoms with van der Waals surface area (Å²) in [6.45, 7) is 15.1. The molecule has 0 amide bonds. The van der Waals surface area contributed by atoms with Crippen molar-refractivity contribution in [1.82, 2.24) is 5.32 Å². The normalized spacial score (nSPS) is 16.7. The SMILES string of the molecule is CC.CC.CCCC1(CCC)CNC1. The molecular formula is C13H31N. The summed E-state index contributed by atoms with van der Waals surface area (Å²) in [6.07, 6.45) is 5.55. The van der Waals surface area contributed by atoms with Crippen LogP contribution in [0.1, 0.15) is 67.2 Å². The lowest BCUT2D eigenvalue weighted by molar-refractivity contribution is 0.135. The highest BCUT2D eigenvalue weighted by Gasteiger charge is 2.34. The predicted octanol–water partition coefficient (Wildman–Crippen LogP) is 4.23. The highest BCUT2D eigenvalue weighted by Crippen LogP contribution is 2.33. The summed E-state index contributed by atoms with van der Waals surface area (Å²) >= 11 is 0. The summed E-state index contributed by atoms with van der Waals surface area (Å²) in [5.74, 6) is 0. The summed E-state index contributed by atoms with van der Waals surface area (Å²) in [6, 6.07) is 0. The van der Waals surface area contributed by atoms with Crippen molar-refractivity contribution < 1.29 is 0 Å². The van der Waals surface area contributed by atoms with Gasteiger partial charge in [0.15, 0.2) is 0 Å². The molecule has 0 aliphatic carbocycles. The van der Waals surface area contributed by atoms with E-state index in [9.17, 15) is 0 Å². The van der Waals surface area contributed by atoms with Crippen LogP contribution in [0.5, 0.6) is 0 Å². The van der Waals surface area contributed by atoms with Gasteiger partial charge >= 0.3 is 0 Å². The van der Waals surface area contributed by atoms with Crippen LogP contribution < -0.4 is 5.32 Å². The highest BCUT2D eigenvalue weighted by molar-refractivity contribution is 4.91. The first-order valence-electron chi connectivity index (χ1n) is 6.54. The molecule has 1 saturated heterocycles. The Kier molecular flexibility index (Phi) is 12.9. The molecule has 0 spiro atoms. The Balaban J connectivity index is 0. The first-order valence-corrected chi connectivity index (χ1v) is 6.54. The van der Waals surface area contributed by atoms with E-state index in [-0.39, 0.29) is 0 Å². The van der Waals surface area contributed by atoms with Crippen LogP contribution in [0.2, 0.25) is 0 Å². The Labute approximate surface area is 91.7 Å². The van der Waals surface area contributed by atoms with E-state index < -0.39 is 0 Å². The predicted molar refractivity (Wildman–Crippen MR) is 67.8 cm³/mol. The quantitative estimate of drug-likeness (QED) is 0.718. The topological polar surface area (TPSA) is 12.0 Å². The first kappa shape index (κ1) is 16.4. The average molecular weight is 201 g/mol. The monoisotopic (exact) mass is 201 g/mol. The third kappa shape index (κ3) is 5.64. The third-order valence-corrected chi connectivity index (χ3v) is 2.56. The average Bonchev–Trinajstić information content (AvgIpc) is 2.21. The number of rotatable bonds is 4. The molecule has 1 heterocycles. The second kappa shape index (κ2) is 11.0. The van der Waals surface area contributed by atoms with Crippen LogP contribution in [0.3, 0.4) is 0 Å². The lowest BCUT2D eigenvalue weighted by Crippen LogP contribution is -2.53. The van der Waals surface area contributed by atoms with Gasteiger partial charge in [-0.2, -0.15) is 0 Å². The maximum absolute atomic E-state index is 3.37. The van der Waals surface area contributed by atoms with Crippen LogP contribution in [0.4, 0.5) is 0 Å². The van der Waals surface area contributed by atoms with Gasteiger partial charge in [0.2, 0.25) is 0 Å². The van der Waals surface area contributed by atoms with E-state index in [0.717, 1.165) is 0 Å². The first-order chi connectivity index (χ1) is 6.83. The molecule has 1 heteroatoms. The summed E-state index contributed by atoms with van der Waals surface area (Å²) < 4.78 is 0. The van der Waals surface area contributed by atoms with E-state index in [1.165, 1.54) is 38.8 Å². The molecule has 1 aliphatic heterocycles. The van der Waals surface area contributed by atoms with Gasteiger partial charge in [0, 0.05) is 13.1 Å². The second-order valence-electron chi connectivity index (χ2n) is 3.60. The lowest BCUT2D eigenvalue weighted by Gasteiger charge is -2.42. The van der Waals surface area contributed by atoms with Gasteiger partial charge in [0.05, 0.1) is 0 Å². The maximum Gasteiger partial charge on any atom is 0.00202 e. The Morgan fingerprint density at radius 1 is 0.857 bits per heavy atom. The van der Waals surface area contributed by atoms with Gasteiger partial charge in [0.25, 0.3) is 0 Å². The fourth-order valence-corrected chi connectivity index (χ4v) is 2.02. The van der Waals surface area contributed by atoms with Gasteiger partial charge in [-0.1, -0.05) is 54.4 Å². The molecule has 0 unspecified atom stereocenters. The molecule has 0 aromatic rings. The minimum Gasteiger partial charge on any atom is -0.316 e. The van der Waals surface area contributed by atoms with E-state index in [2.05, 4.69) is 19.2 Å². The lowest BCUT2D eigenvalue weighted by atomic mass is 9.74. The molecule has 88 valence electrons. The van der Waals surface area contributed by atoms with Crippen LogP contribution in [-0.4, -0.2) is 13.1 Å². The smallest absolute Gasteiger partial charge is 0.00202 e. The highest BCUT2D eigenvalue weighted by atomic mass is 15.0. The molecule has 1 fully saturated rings. The molecule has 1 rings (SSSR count). The van der Waals surface area contributed by atoms with Crippen molar-refractivity contribution in [1.29, 1.82) is 0 Å². The van der Waals surface area contributed by atoms with E-state index >= 15 is 0 Å². The number of hydrogen-bond acceptors (Lipinski definition) is 1.